The second kappa shape index (κ2) is 8.23. The maximum atomic E-state index is 13.5. The van der Waals surface area contributed by atoms with Gasteiger partial charge >= 0.3 is 5.97 Å². The quantitative estimate of drug-likeness (QED) is 0.815. The molecule has 0 aliphatic rings. The van der Waals surface area contributed by atoms with Crippen LogP contribution in [0.25, 0.3) is 0 Å². The molecule has 0 aliphatic heterocycles. The Balaban J connectivity index is 1.87. The Labute approximate surface area is 143 Å². The minimum absolute atomic E-state index is 0.320. The van der Waals surface area contributed by atoms with E-state index in [0.29, 0.717) is 11.8 Å². The van der Waals surface area contributed by atoms with Gasteiger partial charge in [-0.1, -0.05) is 12.1 Å². The van der Waals surface area contributed by atoms with Crippen LogP contribution in [0.3, 0.4) is 0 Å². The monoisotopic (exact) mass is 349 g/mol. The summed E-state index contributed by atoms with van der Waals surface area (Å²) in [6, 6.07) is 9.26. The van der Waals surface area contributed by atoms with Crippen molar-refractivity contribution in [3.05, 3.63) is 65.2 Å². The second-order valence-electron chi connectivity index (χ2n) is 5.26. The molecule has 1 N–H and O–H groups in total. The van der Waals surface area contributed by atoms with Gasteiger partial charge < -0.3 is 14.8 Å². The molecule has 2 rings (SSSR count). The number of carbonyl (C=O) groups is 2. The number of rotatable bonds is 6. The molecule has 25 heavy (non-hydrogen) atoms. The minimum Gasteiger partial charge on any atom is -0.497 e. The molecule has 0 unspecified atom stereocenters. The van der Waals surface area contributed by atoms with Crippen molar-refractivity contribution in [3.8, 4) is 5.75 Å². The summed E-state index contributed by atoms with van der Waals surface area (Å²) in [5.74, 6) is -2.74. The predicted octanol–water partition coefficient (Wildman–Crippen LogP) is 3.01. The Hall–Kier alpha value is -2.96. The van der Waals surface area contributed by atoms with E-state index in [0.717, 1.165) is 17.7 Å². The van der Waals surface area contributed by atoms with Gasteiger partial charge in [-0.2, -0.15) is 0 Å². The smallest absolute Gasteiger partial charge is 0.341 e. The average Bonchev–Trinajstić information content (AvgIpc) is 2.59. The van der Waals surface area contributed by atoms with E-state index in [9.17, 15) is 18.4 Å². The number of nitrogens with one attached hydrogen (secondary N) is 1. The van der Waals surface area contributed by atoms with Gasteiger partial charge in [-0.15, -0.1) is 0 Å². The molecule has 7 heteroatoms. The molecule has 0 radical (unpaired) electrons. The van der Waals surface area contributed by atoms with Crippen molar-refractivity contribution < 1.29 is 27.8 Å². The molecule has 132 valence electrons. The summed E-state index contributed by atoms with van der Waals surface area (Å²) in [4.78, 5) is 23.6. The van der Waals surface area contributed by atoms with Gasteiger partial charge in [-0.25, -0.2) is 13.6 Å². The molecule has 0 spiro atoms. The van der Waals surface area contributed by atoms with Crippen molar-refractivity contribution in [2.75, 3.05) is 13.7 Å². The summed E-state index contributed by atoms with van der Waals surface area (Å²) in [6.07, 6.45) is 0. The van der Waals surface area contributed by atoms with E-state index in [1.54, 1.807) is 38.3 Å². The van der Waals surface area contributed by atoms with Gasteiger partial charge in [0, 0.05) is 6.07 Å². The zero-order chi connectivity index (χ0) is 18.4. The number of amides is 1. The van der Waals surface area contributed by atoms with E-state index in [4.69, 9.17) is 9.47 Å². The number of hydrogen-bond acceptors (Lipinski definition) is 4. The van der Waals surface area contributed by atoms with Crippen LogP contribution in [0.5, 0.6) is 5.75 Å². The predicted molar refractivity (Wildman–Crippen MR) is 86.2 cm³/mol. The van der Waals surface area contributed by atoms with Crippen LogP contribution in [-0.2, 0) is 9.53 Å². The van der Waals surface area contributed by atoms with Gasteiger partial charge in [0.1, 0.15) is 17.4 Å². The molecular weight excluding hydrogens is 332 g/mol. The molecule has 0 aromatic heterocycles. The largest absolute Gasteiger partial charge is 0.497 e. The lowest BCUT2D eigenvalue weighted by Gasteiger charge is -2.15. The lowest BCUT2D eigenvalue weighted by Crippen LogP contribution is -2.31. The Kier molecular flexibility index (Phi) is 6.05. The van der Waals surface area contributed by atoms with Crippen LogP contribution < -0.4 is 10.1 Å². The Bertz CT molecular complexity index is 762. The molecule has 2 aromatic rings. The Morgan fingerprint density at radius 3 is 2.40 bits per heavy atom. The van der Waals surface area contributed by atoms with E-state index in [1.807, 2.05) is 0 Å². The first-order valence-electron chi connectivity index (χ1n) is 7.46. The number of benzene rings is 2. The highest BCUT2D eigenvalue weighted by molar-refractivity contribution is 5.91. The van der Waals surface area contributed by atoms with E-state index in [2.05, 4.69) is 5.32 Å². The molecule has 0 saturated carbocycles. The van der Waals surface area contributed by atoms with Crippen LogP contribution in [-0.4, -0.2) is 25.6 Å². The lowest BCUT2D eigenvalue weighted by atomic mass is 10.1. The zero-order valence-corrected chi connectivity index (χ0v) is 13.7. The highest BCUT2D eigenvalue weighted by atomic mass is 19.1. The normalized spacial score (nSPS) is 11.5. The summed E-state index contributed by atoms with van der Waals surface area (Å²) < 4.78 is 36.1. The molecule has 0 aliphatic carbocycles. The summed E-state index contributed by atoms with van der Waals surface area (Å²) in [7, 11) is 1.55. The number of methoxy groups -OCH3 is 1. The van der Waals surface area contributed by atoms with Crippen molar-refractivity contribution in [1.82, 2.24) is 5.32 Å². The SMILES string of the molecule is COc1ccc([C@H](C)NC(=O)COC(=O)c2ccc(F)cc2F)cc1. The van der Waals surface area contributed by atoms with E-state index >= 15 is 0 Å². The molecule has 0 bridgehead atoms. The number of carbonyl (C=O) groups excluding carboxylic acids is 2. The van der Waals surface area contributed by atoms with Crippen LogP contribution in [0.15, 0.2) is 42.5 Å². The number of hydrogen-bond donors (Lipinski definition) is 1. The van der Waals surface area contributed by atoms with Crippen molar-refractivity contribution in [2.24, 2.45) is 0 Å². The number of halogens is 2. The molecule has 2 aromatic carbocycles. The van der Waals surface area contributed by atoms with Gasteiger partial charge in [0.2, 0.25) is 0 Å². The van der Waals surface area contributed by atoms with Crippen LogP contribution in [0.4, 0.5) is 8.78 Å². The lowest BCUT2D eigenvalue weighted by molar-refractivity contribution is -0.124. The van der Waals surface area contributed by atoms with Crippen molar-refractivity contribution in [3.63, 3.8) is 0 Å². The zero-order valence-electron chi connectivity index (χ0n) is 13.7. The van der Waals surface area contributed by atoms with Gasteiger partial charge in [0.05, 0.1) is 18.7 Å². The third kappa shape index (κ3) is 5.00. The summed E-state index contributed by atoms with van der Waals surface area (Å²) in [6.45, 7) is 1.19. The van der Waals surface area contributed by atoms with Crippen LogP contribution in [0, 0.1) is 11.6 Å². The Morgan fingerprint density at radius 2 is 1.80 bits per heavy atom. The van der Waals surface area contributed by atoms with Crippen LogP contribution in [0.2, 0.25) is 0 Å². The first-order chi connectivity index (χ1) is 11.9. The molecule has 0 heterocycles. The number of esters is 1. The van der Waals surface area contributed by atoms with Gasteiger partial charge in [-0.05, 0) is 36.8 Å². The molecular formula is C18H17F2NO4. The van der Waals surface area contributed by atoms with Crippen molar-refractivity contribution in [1.29, 1.82) is 0 Å². The summed E-state index contributed by atoms with van der Waals surface area (Å²) in [5, 5.41) is 2.65. The fraction of sp³-hybridized carbons (Fsp3) is 0.222. The molecule has 0 saturated heterocycles. The Morgan fingerprint density at radius 1 is 1.12 bits per heavy atom. The summed E-state index contributed by atoms with van der Waals surface area (Å²) in [5.41, 5.74) is 0.405. The van der Waals surface area contributed by atoms with Crippen LogP contribution in [0.1, 0.15) is 28.9 Å². The molecule has 0 fully saturated rings. The average molecular weight is 349 g/mol. The molecule has 5 nitrogen and oxygen atoms in total. The highest BCUT2D eigenvalue weighted by Crippen LogP contribution is 2.17. The van der Waals surface area contributed by atoms with Gasteiger partial charge in [0.15, 0.2) is 6.61 Å². The second-order valence-corrected chi connectivity index (χ2v) is 5.26. The van der Waals surface area contributed by atoms with E-state index in [-0.39, 0.29) is 6.04 Å². The third-order valence-corrected chi connectivity index (χ3v) is 3.48. The molecule has 1 atom stereocenters. The highest BCUT2D eigenvalue weighted by Gasteiger charge is 2.16. The fourth-order valence-electron chi connectivity index (χ4n) is 2.12. The topological polar surface area (TPSA) is 64.6 Å². The van der Waals surface area contributed by atoms with Crippen molar-refractivity contribution >= 4 is 11.9 Å². The van der Waals surface area contributed by atoms with Crippen LogP contribution >= 0.6 is 0 Å². The maximum Gasteiger partial charge on any atom is 0.341 e. The maximum absolute atomic E-state index is 13.5. The fourth-order valence-corrected chi connectivity index (χ4v) is 2.12. The molecule has 1 amide bonds. The first kappa shape index (κ1) is 18.4. The minimum atomic E-state index is -1.04. The van der Waals surface area contributed by atoms with Gasteiger partial charge in [-0.3, -0.25) is 4.79 Å². The first-order valence-corrected chi connectivity index (χ1v) is 7.46. The number of ether oxygens (including phenoxy) is 2. The summed E-state index contributed by atoms with van der Waals surface area (Å²) >= 11 is 0. The van der Waals surface area contributed by atoms with Gasteiger partial charge in [0.25, 0.3) is 5.91 Å². The van der Waals surface area contributed by atoms with E-state index < -0.39 is 35.7 Å². The standard InChI is InChI=1S/C18H17F2NO4/c1-11(12-3-6-14(24-2)7-4-12)21-17(22)10-25-18(23)15-8-5-13(19)9-16(15)20/h3-9,11H,10H2,1-2H3,(H,21,22)/t11-/m0/s1. The van der Waals surface area contributed by atoms with E-state index in [1.165, 1.54) is 0 Å². The third-order valence-electron chi connectivity index (χ3n) is 3.48. The van der Waals surface area contributed by atoms with Crippen molar-refractivity contribution in [2.45, 2.75) is 13.0 Å².